The molecular formula is C19H25F3N4O2. The molecule has 6 nitrogen and oxygen atoms in total. The molecule has 3 rings (SSSR count). The van der Waals surface area contributed by atoms with Crippen LogP contribution in [-0.2, 0) is 22.3 Å². The topological polar surface area (TPSA) is 64.7 Å². The molecule has 28 heavy (non-hydrogen) atoms. The van der Waals surface area contributed by atoms with Crippen LogP contribution in [0.25, 0.3) is 0 Å². The van der Waals surface area contributed by atoms with E-state index in [1.807, 2.05) is 4.90 Å². The second kappa shape index (κ2) is 8.91. The normalized spacial score (nSPS) is 21.0. The highest BCUT2D eigenvalue weighted by Crippen LogP contribution is 2.29. The average Bonchev–Trinajstić information content (AvgIpc) is 3.21. The van der Waals surface area contributed by atoms with Gasteiger partial charge in [0.15, 0.2) is 0 Å². The molecule has 0 aromatic heterocycles. The molecule has 2 N–H and O–H groups in total. The Kier molecular flexibility index (Phi) is 6.56. The minimum Gasteiger partial charge on any atom is -0.346 e. The number of nitrogens with zero attached hydrogens (tertiary/aromatic N) is 2. The lowest BCUT2D eigenvalue weighted by Crippen LogP contribution is -2.52. The van der Waals surface area contributed by atoms with Gasteiger partial charge in [0.05, 0.1) is 18.2 Å². The number of hydrogen-bond acceptors (Lipinski definition) is 4. The van der Waals surface area contributed by atoms with Gasteiger partial charge in [-0.1, -0.05) is 18.2 Å². The van der Waals surface area contributed by atoms with Gasteiger partial charge in [-0.25, -0.2) is 0 Å². The Labute approximate surface area is 162 Å². The van der Waals surface area contributed by atoms with Gasteiger partial charge in [0, 0.05) is 32.7 Å². The van der Waals surface area contributed by atoms with Crippen LogP contribution in [0.5, 0.6) is 0 Å². The molecule has 154 valence electrons. The molecule has 9 heteroatoms. The highest BCUT2D eigenvalue weighted by Gasteiger charge is 2.30. The summed E-state index contributed by atoms with van der Waals surface area (Å²) in [7, 11) is 0. The van der Waals surface area contributed by atoms with Crippen molar-refractivity contribution in [3.05, 3.63) is 35.4 Å². The van der Waals surface area contributed by atoms with Gasteiger partial charge in [0.25, 0.3) is 0 Å². The summed E-state index contributed by atoms with van der Waals surface area (Å²) in [6.45, 7) is 3.37. The molecule has 2 aliphatic heterocycles. The highest BCUT2D eigenvalue weighted by molar-refractivity contribution is 5.87. The van der Waals surface area contributed by atoms with E-state index in [2.05, 4.69) is 10.6 Å². The Morgan fingerprint density at radius 1 is 1.18 bits per heavy atom. The predicted octanol–water partition coefficient (Wildman–Crippen LogP) is 1.22. The van der Waals surface area contributed by atoms with Crippen molar-refractivity contribution in [2.45, 2.75) is 31.6 Å². The van der Waals surface area contributed by atoms with Crippen molar-refractivity contribution < 1.29 is 22.8 Å². The molecule has 2 amide bonds. The molecule has 1 aromatic carbocycles. The Morgan fingerprint density at radius 2 is 1.93 bits per heavy atom. The van der Waals surface area contributed by atoms with E-state index in [0.29, 0.717) is 38.3 Å². The van der Waals surface area contributed by atoms with Crippen LogP contribution in [0.1, 0.15) is 24.0 Å². The van der Waals surface area contributed by atoms with Crippen LogP contribution < -0.4 is 10.6 Å². The Balaban J connectivity index is 1.43. The SMILES string of the molecule is O=C(NCC(=O)N1CCN(Cc2cccc(C(F)(F)F)c2)CC1)C1CCCN1. The second-order valence-corrected chi connectivity index (χ2v) is 7.22. The minimum atomic E-state index is -4.35. The first-order valence-electron chi connectivity index (χ1n) is 9.50. The summed E-state index contributed by atoms with van der Waals surface area (Å²) in [5.74, 6) is -0.279. The minimum absolute atomic E-state index is 0.0232. The van der Waals surface area contributed by atoms with Crippen LogP contribution in [-0.4, -0.2) is 66.9 Å². The zero-order valence-electron chi connectivity index (χ0n) is 15.6. The van der Waals surface area contributed by atoms with Crippen LogP contribution in [0.4, 0.5) is 13.2 Å². The van der Waals surface area contributed by atoms with E-state index in [1.165, 1.54) is 12.1 Å². The third-order valence-corrected chi connectivity index (χ3v) is 5.18. The van der Waals surface area contributed by atoms with Gasteiger partial charge in [-0.2, -0.15) is 13.2 Å². The van der Waals surface area contributed by atoms with E-state index in [-0.39, 0.29) is 24.4 Å². The number of halogens is 3. The molecule has 2 heterocycles. The summed E-state index contributed by atoms with van der Waals surface area (Å²) in [5, 5.41) is 5.77. The molecule has 0 aliphatic carbocycles. The fraction of sp³-hybridized carbons (Fsp3) is 0.579. The van der Waals surface area contributed by atoms with Crippen LogP contribution >= 0.6 is 0 Å². The molecule has 1 atom stereocenters. The smallest absolute Gasteiger partial charge is 0.346 e. The van der Waals surface area contributed by atoms with Gasteiger partial charge in [-0.3, -0.25) is 14.5 Å². The van der Waals surface area contributed by atoms with E-state index in [4.69, 9.17) is 0 Å². The number of carbonyl (C=O) groups is 2. The second-order valence-electron chi connectivity index (χ2n) is 7.22. The van der Waals surface area contributed by atoms with Crippen molar-refractivity contribution >= 4 is 11.8 Å². The van der Waals surface area contributed by atoms with E-state index in [9.17, 15) is 22.8 Å². The number of piperazine rings is 1. The summed E-state index contributed by atoms with van der Waals surface area (Å²) < 4.78 is 38.5. The molecule has 2 saturated heterocycles. The Hall–Kier alpha value is -2.13. The number of rotatable bonds is 5. The van der Waals surface area contributed by atoms with Crippen molar-refractivity contribution in [1.82, 2.24) is 20.4 Å². The van der Waals surface area contributed by atoms with Gasteiger partial charge < -0.3 is 15.5 Å². The summed E-state index contributed by atoms with van der Waals surface area (Å²) >= 11 is 0. The van der Waals surface area contributed by atoms with Crippen molar-refractivity contribution in [2.24, 2.45) is 0 Å². The molecule has 0 saturated carbocycles. The average molecular weight is 398 g/mol. The lowest BCUT2D eigenvalue weighted by molar-refractivity contribution is -0.137. The largest absolute Gasteiger partial charge is 0.416 e. The number of hydrogen-bond donors (Lipinski definition) is 2. The zero-order valence-corrected chi connectivity index (χ0v) is 15.6. The molecule has 0 spiro atoms. The molecule has 0 radical (unpaired) electrons. The number of amides is 2. The monoisotopic (exact) mass is 398 g/mol. The summed E-state index contributed by atoms with van der Waals surface area (Å²) in [6.07, 6.45) is -2.60. The number of carbonyl (C=O) groups excluding carboxylic acids is 2. The van der Waals surface area contributed by atoms with Gasteiger partial charge >= 0.3 is 6.18 Å². The number of benzene rings is 1. The summed E-state index contributed by atoms with van der Waals surface area (Å²) in [4.78, 5) is 28.0. The van der Waals surface area contributed by atoms with Crippen molar-refractivity contribution in [3.8, 4) is 0 Å². The summed E-state index contributed by atoms with van der Waals surface area (Å²) in [6, 6.07) is 5.12. The molecule has 1 unspecified atom stereocenters. The van der Waals surface area contributed by atoms with Crippen molar-refractivity contribution in [2.75, 3.05) is 39.3 Å². The zero-order chi connectivity index (χ0) is 20.1. The van der Waals surface area contributed by atoms with E-state index >= 15 is 0 Å². The number of nitrogens with one attached hydrogen (secondary N) is 2. The lowest BCUT2D eigenvalue weighted by Gasteiger charge is -2.35. The molecule has 1 aromatic rings. The van der Waals surface area contributed by atoms with E-state index in [0.717, 1.165) is 25.5 Å². The molecule has 2 aliphatic rings. The first-order chi connectivity index (χ1) is 13.3. The van der Waals surface area contributed by atoms with Crippen molar-refractivity contribution in [1.29, 1.82) is 0 Å². The molecular weight excluding hydrogens is 373 g/mol. The maximum Gasteiger partial charge on any atom is 0.416 e. The van der Waals surface area contributed by atoms with Crippen LogP contribution in [0.3, 0.4) is 0 Å². The van der Waals surface area contributed by atoms with Crippen molar-refractivity contribution in [3.63, 3.8) is 0 Å². The van der Waals surface area contributed by atoms with Gasteiger partial charge in [0.1, 0.15) is 0 Å². The van der Waals surface area contributed by atoms with Gasteiger partial charge in [-0.15, -0.1) is 0 Å². The fourth-order valence-electron chi connectivity index (χ4n) is 3.57. The van der Waals surface area contributed by atoms with Crippen LogP contribution in [0, 0.1) is 0 Å². The number of alkyl halides is 3. The quantitative estimate of drug-likeness (QED) is 0.783. The predicted molar refractivity (Wildman–Crippen MR) is 97.3 cm³/mol. The molecule has 2 fully saturated rings. The van der Waals surface area contributed by atoms with Gasteiger partial charge in [0.2, 0.25) is 11.8 Å². The third kappa shape index (κ3) is 5.45. The fourth-order valence-corrected chi connectivity index (χ4v) is 3.57. The van der Waals surface area contributed by atoms with Gasteiger partial charge in [-0.05, 0) is 31.0 Å². The highest BCUT2D eigenvalue weighted by atomic mass is 19.4. The van der Waals surface area contributed by atoms with Crippen LogP contribution in [0.2, 0.25) is 0 Å². The summed E-state index contributed by atoms with van der Waals surface area (Å²) in [5.41, 5.74) is -0.0442. The maximum atomic E-state index is 12.8. The van der Waals surface area contributed by atoms with E-state index in [1.54, 1.807) is 11.0 Å². The maximum absolute atomic E-state index is 12.8. The first kappa shape index (κ1) is 20.6. The van der Waals surface area contributed by atoms with E-state index < -0.39 is 11.7 Å². The Bertz CT molecular complexity index is 697. The standard InChI is InChI=1S/C19H25F3N4O2/c20-19(21,22)15-4-1-3-14(11-15)13-25-7-9-26(10-8-25)17(27)12-24-18(28)16-5-2-6-23-16/h1,3-4,11,16,23H,2,5-10,12-13H2,(H,24,28). The van der Waals surface area contributed by atoms with Crippen LogP contribution in [0.15, 0.2) is 24.3 Å². The lowest BCUT2D eigenvalue weighted by atomic mass is 10.1. The third-order valence-electron chi connectivity index (χ3n) is 5.18. The Morgan fingerprint density at radius 3 is 2.57 bits per heavy atom. The first-order valence-corrected chi connectivity index (χ1v) is 9.50. The molecule has 0 bridgehead atoms.